The summed E-state index contributed by atoms with van der Waals surface area (Å²) in [7, 11) is 4.10. The molecule has 3 rings (SSSR count). The molecule has 0 aliphatic carbocycles. The number of hydrogen-bond acceptors (Lipinski definition) is 3. The first-order chi connectivity index (χ1) is 13.1. The highest BCUT2D eigenvalue weighted by molar-refractivity contribution is 9.10. The van der Waals surface area contributed by atoms with Gasteiger partial charge in [0.1, 0.15) is 0 Å². The van der Waals surface area contributed by atoms with E-state index in [0.717, 1.165) is 42.5 Å². The van der Waals surface area contributed by atoms with Crippen molar-refractivity contribution in [2.45, 2.75) is 38.3 Å². The molecule has 0 saturated carbocycles. The Kier molecular flexibility index (Phi) is 7.97. The zero-order valence-corrected chi connectivity index (χ0v) is 18.3. The number of hydrogen-bond donors (Lipinski definition) is 2. The normalized spacial score (nSPS) is 21.4. The molecule has 27 heavy (non-hydrogen) atoms. The first-order valence-corrected chi connectivity index (χ1v) is 11.0. The lowest BCUT2D eigenvalue weighted by Crippen LogP contribution is -2.49. The topological polar surface area (TPSA) is 42.9 Å². The molecule has 6 heteroatoms. The van der Waals surface area contributed by atoms with Crippen LogP contribution in [0.3, 0.4) is 0 Å². The minimum Gasteiger partial charge on any atom is -0.356 e. The van der Waals surface area contributed by atoms with E-state index in [9.17, 15) is 0 Å². The zero-order chi connectivity index (χ0) is 19.1. The summed E-state index contributed by atoms with van der Waals surface area (Å²) in [6.07, 6.45) is 4.92. The highest BCUT2D eigenvalue weighted by Gasteiger charge is 2.21. The summed E-state index contributed by atoms with van der Waals surface area (Å²) in [5.41, 5.74) is 1.39. The molecular formula is C21H34BrN5. The van der Waals surface area contributed by atoms with Gasteiger partial charge in [0.05, 0.1) is 0 Å². The molecule has 0 amide bonds. The Bertz CT molecular complexity index is 587. The number of guanidine groups is 1. The number of piperidine rings is 2. The zero-order valence-electron chi connectivity index (χ0n) is 16.8. The van der Waals surface area contributed by atoms with Crippen LogP contribution in [0, 0.1) is 5.92 Å². The van der Waals surface area contributed by atoms with Crippen LogP contribution in [0.4, 0.5) is 0 Å². The fourth-order valence-corrected chi connectivity index (χ4v) is 4.24. The predicted octanol–water partition coefficient (Wildman–Crippen LogP) is 2.92. The summed E-state index contributed by atoms with van der Waals surface area (Å²) in [4.78, 5) is 9.42. The smallest absolute Gasteiger partial charge is 0.191 e. The van der Waals surface area contributed by atoms with Gasteiger partial charge in [-0.2, -0.15) is 0 Å². The maximum Gasteiger partial charge on any atom is 0.191 e. The Hall–Kier alpha value is -1.11. The number of rotatable bonds is 5. The van der Waals surface area contributed by atoms with Crippen molar-refractivity contribution in [1.82, 2.24) is 20.4 Å². The monoisotopic (exact) mass is 435 g/mol. The molecule has 2 aliphatic rings. The molecule has 2 aliphatic heterocycles. The van der Waals surface area contributed by atoms with Crippen molar-refractivity contribution in [2.24, 2.45) is 10.9 Å². The molecule has 5 nitrogen and oxygen atoms in total. The predicted molar refractivity (Wildman–Crippen MR) is 117 cm³/mol. The summed E-state index contributed by atoms with van der Waals surface area (Å²) in [6.45, 7) is 6.79. The van der Waals surface area contributed by atoms with Crippen molar-refractivity contribution in [3.05, 3.63) is 34.3 Å². The van der Waals surface area contributed by atoms with E-state index in [1.807, 2.05) is 7.05 Å². The molecule has 2 saturated heterocycles. The van der Waals surface area contributed by atoms with Gasteiger partial charge in [0.25, 0.3) is 0 Å². The quantitative estimate of drug-likeness (QED) is 0.550. The van der Waals surface area contributed by atoms with Crippen LogP contribution in [0.5, 0.6) is 0 Å². The molecule has 1 aromatic rings. The maximum atomic E-state index is 4.44. The summed E-state index contributed by atoms with van der Waals surface area (Å²) < 4.78 is 1.15. The van der Waals surface area contributed by atoms with Crippen molar-refractivity contribution in [2.75, 3.05) is 46.8 Å². The summed E-state index contributed by atoms with van der Waals surface area (Å²) in [6, 6.07) is 9.20. The first kappa shape index (κ1) is 20.6. The van der Waals surface area contributed by atoms with Crippen LogP contribution in [0.2, 0.25) is 0 Å². The van der Waals surface area contributed by atoms with E-state index in [-0.39, 0.29) is 0 Å². The molecule has 2 fully saturated rings. The van der Waals surface area contributed by atoms with E-state index in [1.165, 1.54) is 44.3 Å². The standard InChI is InChI=1S/C21H34BrN5/c1-23-21(24-15-17-7-11-26(2)12-8-17)25-20-9-13-27(14-10-20)16-18-3-5-19(22)6-4-18/h3-6,17,20H,7-16H2,1-2H3,(H2,23,24,25). The van der Waals surface area contributed by atoms with E-state index in [2.05, 4.69) is 72.7 Å². The summed E-state index contributed by atoms with van der Waals surface area (Å²) in [5.74, 6) is 1.74. The molecule has 0 unspecified atom stereocenters. The van der Waals surface area contributed by atoms with Crippen LogP contribution in [-0.2, 0) is 6.54 Å². The summed E-state index contributed by atoms with van der Waals surface area (Å²) >= 11 is 3.51. The lowest BCUT2D eigenvalue weighted by molar-refractivity contribution is 0.198. The van der Waals surface area contributed by atoms with Gasteiger partial charge in [0, 0.05) is 43.7 Å². The minimum absolute atomic E-state index is 0.523. The second kappa shape index (κ2) is 10.4. The van der Waals surface area contributed by atoms with Crippen LogP contribution < -0.4 is 10.6 Å². The molecule has 0 radical (unpaired) electrons. The Morgan fingerprint density at radius 2 is 1.74 bits per heavy atom. The first-order valence-electron chi connectivity index (χ1n) is 10.2. The van der Waals surface area contributed by atoms with Crippen molar-refractivity contribution in [3.63, 3.8) is 0 Å². The SMILES string of the molecule is CN=C(NCC1CCN(C)CC1)NC1CCN(Cc2ccc(Br)cc2)CC1. The van der Waals surface area contributed by atoms with E-state index in [0.29, 0.717) is 6.04 Å². The van der Waals surface area contributed by atoms with Crippen LogP contribution in [-0.4, -0.2) is 68.6 Å². The molecular weight excluding hydrogens is 402 g/mol. The summed E-state index contributed by atoms with van der Waals surface area (Å²) in [5, 5.41) is 7.20. The maximum absolute atomic E-state index is 4.44. The average molecular weight is 436 g/mol. The third-order valence-electron chi connectivity index (χ3n) is 5.87. The molecule has 1 aromatic carbocycles. The molecule has 0 aromatic heterocycles. The number of benzene rings is 1. The molecule has 2 N–H and O–H groups in total. The van der Waals surface area contributed by atoms with Crippen LogP contribution in [0.1, 0.15) is 31.2 Å². The fraction of sp³-hybridized carbons (Fsp3) is 0.667. The van der Waals surface area contributed by atoms with Crippen molar-refractivity contribution in [1.29, 1.82) is 0 Å². The van der Waals surface area contributed by atoms with Gasteiger partial charge >= 0.3 is 0 Å². The Labute approximate surface area is 172 Å². The second-order valence-electron chi connectivity index (χ2n) is 8.02. The molecule has 150 valence electrons. The largest absolute Gasteiger partial charge is 0.356 e. The van der Waals surface area contributed by atoms with Gasteiger partial charge in [-0.15, -0.1) is 0 Å². The van der Waals surface area contributed by atoms with Gasteiger partial charge in [-0.05, 0) is 69.4 Å². The van der Waals surface area contributed by atoms with Crippen LogP contribution >= 0.6 is 15.9 Å². The van der Waals surface area contributed by atoms with Crippen molar-refractivity contribution in [3.8, 4) is 0 Å². The van der Waals surface area contributed by atoms with E-state index in [1.54, 1.807) is 0 Å². The van der Waals surface area contributed by atoms with Crippen LogP contribution in [0.25, 0.3) is 0 Å². The lowest BCUT2D eigenvalue weighted by Gasteiger charge is -2.33. The van der Waals surface area contributed by atoms with Gasteiger partial charge in [-0.1, -0.05) is 28.1 Å². The molecule has 2 heterocycles. The van der Waals surface area contributed by atoms with E-state index < -0.39 is 0 Å². The number of aliphatic imine (C=N–C) groups is 1. The van der Waals surface area contributed by atoms with Gasteiger partial charge in [0.15, 0.2) is 5.96 Å². The van der Waals surface area contributed by atoms with Gasteiger partial charge in [0.2, 0.25) is 0 Å². The van der Waals surface area contributed by atoms with Gasteiger partial charge < -0.3 is 15.5 Å². The molecule has 0 spiro atoms. The Morgan fingerprint density at radius 3 is 2.37 bits per heavy atom. The van der Waals surface area contributed by atoms with E-state index >= 15 is 0 Å². The van der Waals surface area contributed by atoms with E-state index in [4.69, 9.17) is 0 Å². The Balaban J connectivity index is 1.36. The lowest BCUT2D eigenvalue weighted by atomic mass is 9.97. The van der Waals surface area contributed by atoms with Gasteiger partial charge in [-0.3, -0.25) is 9.89 Å². The number of nitrogens with one attached hydrogen (secondary N) is 2. The van der Waals surface area contributed by atoms with Crippen molar-refractivity contribution >= 4 is 21.9 Å². The number of likely N-dealkylation sites (tertiary alicyclic amines) is 2. The highest BCUT2D eigenvalue weighted by atomic mass is 79.9. The average Bonchev–Trinajstić information content (AvgIpc) is 2.69. The third kappa shape index (κ3) is 6.77. The molecule has 0 bridgehead atoms. The second-order valence-corrected chi connectivity index (χ2v) is 8.94. The van der Waals surface area contributed by atoms with Crippen molar-refractivity contribution < 1.29 is 0 Å². The minimum atomic E-state index is 0.523. The fourth-order valence-electron chi connectivity index (χ4n) is 3.98. The highest BCUT2D eigenvalue weighted by Crippen LogP contribution is 2.17. The van der Waals surface area contributed by atoms with Gasteiger partial charge in [-0.25, -0.2) is 0 Å². The Morgan fingerprint density at radius 1 is 1.07 bits per heavy atom. The third-order valence-corrected chi connectivity index (χ3v) is 6.40. The molecule has 0 atom stereocenters. The number of nitrogens with zero attached hydrogens (tertiary/aromatic N) is 3. The number of halogens is 1. The van der Waals surface area contributed by atoms with Crippen LogP contribution in [0.15, 0.2) is 33.7 Å².